The van der Waals surface area contributed by atoms with Gasteiger partial charge in [-0.05, 0) is 37.3 Å². The fraction of sp³-hybridized carbons (Fsp3) is 0.524. The number of rotatable bonds is 5. The quantitative estimate of drug-likeness (QED) is 0.859. The third kappa shape index (κ3) is 4.08. The average molecular weight is 381 g/mol. The lowest BCUT2D eigenvalue weighted by atomic mass is 10.1. The lowest BCUT2D eigenvalue weighted by Gasteiger charge is -2.36. The van der Waals surface area contributed by atoms with Crippen LogP contribution in [0.1, 0.15) is 38.3 Å². The van der Waals surface area contributed by atoms with Crippen LogP contribution in [0.5, 0.6) is 0 Å². The van der Waals surface area contributed by atoms with Crippen molar-refractivity contribution in [3.8, 4) is 11.4 Å². The average Bonchev–Trinajstić information content (AvgIpc) is 3.22. The van der Waals surface area contributed by atoms with E-state index in [2.05, 4.69) is 15.0 Å². The van der Waals surface area contributed by atoms with Gasteiger partial charge in [-0.3, -0.25) is 9.59 Å². The number of amides is 1. The van der Waals surface area contributed by atoms with Gasteiger partial charge in [-0.25, -0.2) is 9.97 Å². The Kier molecular flexibility index (Phi) is 5.41. The van der Waals surface area contributed by atoms with Crippen molar-refractivity contribution in [1.29, 1.82) is 0 Å². The number of carbonyl (C=O) groups excluding carboxylic acids is 1. The lowest BCUT2D eigenvalue weighted by molar-refractivity contribution is -0.131. The van der Waals surface area contributed by atoms with Gasteiger partial charge in [-0.15, -0.1) is 0 Å². The molecule has 1 saturated carbocycles. The molecule has 2 aromatic rings. The van der Waals surface area contributed by atoms with Crippen LogP contribution in [0.4, 0.5) is 5.82 Å². The lowest BCUT2D eigenvalue weighted by Crippen LogP contribution is -2.51. The molecule has 4 rings (SSSR count). The second-order valence-corrected chi connectivity index (χ2v) is 7.76. The number of anilines is 1. The molecule has 2 fully saturated rings. The summed E-state index contributed by atoms with van der Waals surface area (Å²) in [5.41, 5.74) is 1.36. The molecule has 1 saturated heterocycles. The molecule has 0 spiro atoms. The number of aryl methyl sites for hydroxylation is 1. The minimum atomic E-state index is -0.157. The van der Waals surface area contributed by atoms with E-state index in [1.165, 1.54) is 31.7 Å². The van der Waals surface area contributed by atoms with Crippen LogP contribution in [0.15, 0.2) is 29.2 Å². The smallest absolute Gasteiger partial charge is 0.251 e. The second kappa shape index (κ2) is 8.12. The normalized spacial score (nSPS) is 18.1. The number of nitrogens with one attached hydrogen (secondary N) is 1. The summed E-state index contributed by atoms with van der Waals surface area (Å²) in [5, 5.41) is 0. The number of pyridine rings is 1. The maximum absolute atomic E-state index is 12.6. The van der Waals surface area contributed by atoms with E-state index in [-0.39, 0.29) is 11.5 Å². The minimum absolute atomic E-state index is 0.157. The first-order valence-corrected chi connectivity index (χ1v) is 10.2. The van der Waals surface area contributed by atoms with Crippen LogP contribution < -0.4 is 10.5 Å². The van der Waals surface area contributed by atoms with Crippen LogP contribution in [0.2, 0.25) is 0 Å². The molecule has 0 bridgehead atoms. The van der Waals surface area contributed by atoms with Crippen LogP contribution in [-0.4, -0.2) is 51.9 Å². The zero-order chi connectivity index (χ0) is 19.5. The Morgan fingerprint density at radius 3 is 2.68 bits per heavy atom. The Labute approximate surface area is 164 Å². The zero-order valence-corrected chi connectivity index (χ0v) is 16.4. The molecule has 3 heterocycles. The van der Waals surface area contributed by atoms with Gasteiger partial charge in [-0.1, -0.05) is 19.8 Å². The molecule has 0 atom stereocenters. The molecule has 7 nitrogen and oxygen atoms in total. The third-order valence-electron chi connectivity index (χ3n) is 5.77. The third-order valence-corrected chi connectivity index (χ3v) is 5.77. The van der Waals surface area contributed by atoms with Gasteiger partial charge in [0.25, 0.3) is 5.56 Å². The molecule has 148 valence electrons. The van der Waals surface area contributed by atoms with Crippen molar-refractivity contribution >= 4 is 11.7 Å². The number of carbonyl (C=O) groups is 1. The zero-order valence-electron chi connectivity index (χ0n) is 16.4. The summed E-state index contributed by atoms with van der Waals surface area (Å²) in [4.78, 5) is 40.1. The van der Waals surface area contributed by atoms with Gasteiger partial charge in [0.15, 0.2) is 0 Å². The van der Waals surface area contributed by atoms with Gasteiger partial charge in [0.05, 0.1) is 6.54 Å². The second-order valence-electron chi connectivity index (χ2n) is 7.76. The first kappa shape index (κ1) is 18.7. The minimum Gasteiger partial charge on any atom is -0.346 e. The van der Waals surface area contributed by atoms with Crippen molar-refractivity contribution in [2.75, 3.05) is 31.1 Å². The topological polar surface area (TPSA) is 82.2 Å². The largest absolute Gasteiger partial charge is 0.346 e. The van der Waals surface area contributed by atoms with E-state index in [1.807, 2.05) is 28.9 Å². The first-order chi connectivity index (χ1) is 13.6. The fourth-order valence-electron chi connectivity index (χ4n) is 4.14. The molecular weight excluding hydrogens is 354 g/mol. The summed E-state index contributed by atoms with van der Waals surface area (Å²) in [6.07, 6.45) is 7.53. The van der Waals surface area contributed by atoms with Crippen molar-refractivity contribution in [3.05, 3.63) is 40.4 Å². The van der Waals surface area contributed by atoms with E-state index < -0.39 is 0 Å². The monoisotopic (exact) mass is 381 g/mol. The SMILES string of the molecule is CCc1cc(=O)[nH]c(-c2ccc(N3CCN(CC4CCCC4)C(=O)C3)nc2)n1. The maximum Gasteiger partial charge on any atom is 0.251 e. The summed E-state index contributed by atoms with van der Waals surface area (Å²) < 4.78 is 0. The highest BCUT2D eigenvalue weighted by Gasteiger charge is 2.27. The number of hydrogen-bond acceptors (Lipinski definition) is 5. The fourth-order valence-corrected chi connectivity index (χ4v) is 4.14. The van der Waals surface area contributed by atoms with Crippen LogP contribution in [0.25, 0.3) is 11.4 Å². The molecular formula is C21H27N5O2. The molecule has 2 aliphatic rings. The van der Waals surface area contributed by atoms with Crippen molar-refractivity contribution < 1.29 is 4.79 Å². The van der Waals surface area contributed by atoms with Gasteiger partial charge in [-0.2, -0.15) is 0 Å². The highest BCUT2D eigenvalue weighted by Crippen LogP contribution is 2.26. The predicted octanol–water partition coefficient (Wildman–Crippen LogP) is 2.23. The molecule has 1 N–H and O–H groups in total. The Morgan fingerprint density at radius 1 is 1.18 bits per heavy atom. The number of nitrogens with zero attached hydrogens (tertiary/aromatic N) is 4. The molecule has 28 heavy (non-hydrogen) atoms. The van der Waals surface area contributed by atoms with Gasteiger partial charge >= 0.3 is 0 Å². The Bertz CT molecular complexity index is 886. The molecule has 0 aromatic carbocycles. The number of piperazine rings is 1. The van der Waals surface area contributed by atoms with Gasteiger partial charge in [0.2, 0.25) is 5.91 Å². The van der Waals surface area contributed by atoms with Gasteiger partial charge in [0, 0.05) is 43.2 Å². The molecule has 0 unspecified atom stereocenters. The summed E-state index contributed by atoms with van der Waals surface area (Å²) in [6, 6.07) is 5.31. The van der Waals surface area contributed by atoms with E-state index in [9.17, 15) is 9.59 Å². The highest BCUT2D eigenvalue weighted by atomic mass is 16.2. The van der Waals surface area contributed by atoms with E-state index in [0.29, 0.717) is 24.7 Å². The van der Waals surface area contributed by atoms with Crippen LogP contribution >= 0.6 is 0 Å². The molecule has 1 amide bonds. The summed E-state index contributed by atoms with van der Waals surface area (Å²) in [5.74, 6) is 2.18. The van der Waals surface area contributed by atoms with Crippen molar-refractivity contribution in [2.24, 2.45) is 5.92 Å². The number of H-pyrrole nitrogens is 1. The van der Waals surface area contributed by atoms with E-state index >= 15 is 0 Å². The van der Waals surface area contributed by atoms with Crippen molar-refractivity contribution in [2.45, 2.75) is 39.0 Å². The highest BCUT2D eigenvalue weighted by molar-refractivity contribution is 5.82. The number of aromatic nitrogens is 3. The maximum atomic E-state index is 12.6. The van der Waals surface area contributed by atoms with E-state index in [0.717, 1.165) is 36.7 Å². The van der Waals surface area contributed by atoms with Gasteiger partial charge in [0.1, 0.15) is 11.6 Å². The standard InChI is InChI=1S/C21H27N5O2/c1-2-17-11-19(27)24-21(23-17)16-7-8-18(22-12-16)25-9-10-26(20(28)14-25)13-15-5-3-4-6-15/h7-8,11-12,15H,2-6,9-10,13-14H2,1H3,(H,23,24,27). The van der Waals surface area contributed by atoms with Gasteiger partial charge < -0.3 is 14.8 Å². The first-order valence-electron chi connectivity index (χ1n) is 10.2. The molecule has 7 heteroatoms. The van der Waals surface area contributed by atoms with Crippen molar-refractivity contribution in [1.82, 2.24) is 19.9 Å². The van der Waals surface area contributed by atoms with E-state index in [4.69, 9.17) is 0 Å². The molecule has 1 aliphatic heterocycles. The molecule has 0 radical (unpaired) electrons. The predicted molar refractivity (Wildman–Crippen MR) is 108 cm³/mol. The molecule has 1 aliphatic carbocycles. The summed E-state index contributed by atoms with van der Waals surface area (Å²) >= 11 is 0. The Hall–Kier alpha value is -2.70. The van der Waals surface area contributed by atoms with Crippen LogP contribution in [0, 0.1) is 5.92 Å². The van der Waals surface area contributed by atoms with Crippen LogP contribution in [0.3, 0.4) is 0 Å². The van der Waals surface area contributed by atoms with E-state index in [1.54, 1.807) is 6.20 Å². The summed E-state index contributed by atoms with van der Waals surface area (Å²) in [6.45, 7) is 4.80. The van der Waals surface area contributed by atoms with Crippen LogP contribution in [-0.2, 0) is 11.2 Å². The van der Waals surface area contributed by atoms with Crippen molar-refractivity contribution in [3.63, 3.8) is 0 Å². The number of hydrogen-bond donors (Lipinski definition) is 1. The molecule has 2 aromatic heterocycles. The Morgan fingerprint density at radius 2 is 2.00 bits per heavy atom. The Balaban J connectivity index is 1.42. The number of aromatic amines is 1. The summed E-state index contributed by atoms with van der Waals surface area (Å²) in [7, 11) is 0.